The third-order valence-electron chi connectivity index (χ3n) is 3.03. The second-order valence-electron chi connectivity index (χ2n) is 6.26. The number of nitrogens with zero attached hydrogens (tertiary/aromatic N) is 1. The van der Waals surface area contributed by atoms with Gasteiger partial charge in [0.25, 0.3) is 0 Å². The number of aryl methyl sites for hydroxylation is 1. The number of nitrogens with one attached hydrogen (secondary N) is 1. The summed E-state index contributed by atoms with van der Waals surface area (Å²) in [6.07, 6.45) is 0. The molecule has 0 heterocycles. The molecule has 0 aliphatic heterocycles. The first-order valence-electron chi connectivity index (χ1n) is 7.50. The Bertz CT molecular complexity index is 524. The van der Waals surface area contributed by atoms with Crippen LogP contribution in [0.2, 0.25) is 0 Å². The van der Waals surface area contributed by atoms with Gasteiger partial charge in [-0.25, -0.2) is 0 Å². The van der Waals surface area contributed by atoms with Crippen molar-refractivity contribution in [3.05, 3.63) is 29.8 Å². The molecule has 4 nitrogen and oxygen atoms in total. The quantitative estimate of drug-likeness (QED) is 0.819. The van der Waals surface area contributed by atoms with E-state index in [1.165, 1.54) is 11.8 Å². The van der Waals surface area contributed by atoms with Crippen molar-refractivity contribution in [3.63, 3.8) is 0 Å². The predicted octanol–water partition coefficient (Wildman–Crippen LogP) is 2.85. The lowest BCUT2D eigenvalue weighted by atomic mass is 10.1. The van der Waals surface area contributed by atoms with Crippen LogP contribution in [0.1, 0.15) is 33.3 Å². The molecule has 0 saturated heterocycles. The second-order valence-corrected chi connectivity index (χ2v) is 7.28. The Morgan fingerprint density at radius 2 is 1.86 bits per heavy atom. The first kappa shape index (κ1) is 18.6. The average Bonchev–Trinajstić information content (AvgIpc) is 2.41. The maximum atomic E-state index is 12.3. The molecule has 0 aliphatic rings. The molecule has 1 aromatic rings. The van der Waals surface area contributed by atoms with E-state index in [2.05, 4.69) is 5.32 Å². The first-order chi connectivity index (χ1) is 10.2. The van der Waals surface area contributed by atoms with Crippen molar-refractivity contribution in [3.8, 4) is 0 Å². The number of amides is 2. The molecule has 1 rings (SSSR count). The van der Waals surface area contributed by atoms with Gasteiger partial charge in [-0.15, -0.1) is 11.8 Å². The Balaban J connectivity index is 2.54. The van der Waals surface area contributed by atoms with Crippen LogP contribution in [0.5, 0.6) is 0 Å². The molecule has 5 heteroatoms. The topological polar surface area (TPSA) is 49.4 Å². The SMILES string of the molecule is CCN(CC(=O)NC(C)(C)C)C(=O)CSc1ccccc1C. The van der Waals surface area contributed by atoms with Crippen LogP contribution < -0.4 is 5.32 Å². The van der Waals surface area contributed by atoms with Gasteiger partial charge in [0, 0.05) is 17.0 Å². The number of hydrogen-bond acceptors (Lipinski definition) is 3. The van der Waals surface area contributed by atoms with E-state index < -0.39 is 0 Å². The van der Waals surface area contributed by atoms with Crippen molar-refractivity contribution in [2.24, 2.45) is 0 Å². The van der Waals surface area contributed by atoms with Crippen LogP contribution in [0.15, 0.2) is 29.2 Å². The summed E-state index contributed by atoms with van der Waals surface area (Å²) in [5.41, 5.74) is 0.879. The van der Waals surface area contributed by atoms with Crippen molar-refractivity contribution in [2.75, 3.05) is 18.8 Å². The van der Waals surface area contributed by atoms with E-state index >= 15 is 0 Å². The highest BCUT2D eigenvalue weighted by molar-refractivity contribution is 8.00. The molecule has 1 aromatic carbocycles. The summed E-state index contributed by atoms with van der Waals surface area (Å²) < 4.78 is 0. The summed E-state index contributed by atoms with van der Waals surface area (Å²) in [6, 6.07) is 7.99. The Kier molecular flexibility index (Phi) is 6.94. The van der Waals surface area contributed by atoms with Crippen molar-refractivity contribution in [2.45, 2.75) is 45.1 Å². The van der Waals surface area contributed by atoms with Gasteiger partial charge in [0.15, 0.2) is 0 Å². The Morgan fingerprint density at radius 1 is 1.23 bits per heavy atom. The van der Waals surface area contributed by atoms with Crippen molar-refractivity contribution < 1.29 is 9.59 Å². The molecule has 0 spiro atoms. The number of benzene rings is 1. The third-order valence-corrected chi connectivity index (χ3v) is 4.19. The maximum absolute atomic E-state index is 12.3. The molecule has 22 heavy (non-hydrogen) atoms. The number of rotatable bonds is 6. The molecular weight excluding hydrogens is 296 g/mol. The molecule has 1 N–H and O–H groups in total. The fourth-order valence-corrected chi connectivity index (χ4v) is 2.89. The van der Waals surface area contributed by atoms with E-state index in [1.54, 1.807) is 4.90 Å². The largest absolute Gasteiger partial charge is 0.350 e. The van der Waals surface area contributed by atoms with E-state index in [0.717, 1.165) is 10.5 Å². The van der Waals surface area contributed by atoms with Crippen LogP contribution >= 0.6 is 11.8 Å². The highest BCUT2D eigenvalue weighted by Gasteiger charge is 2.19. The zero-order valence-corrected chi connectivity index (χ0v) is 14.9. The normalized spacial score (nSPS) is 11.1. The summed E-state index contributed by atoms with van der Waals surface area (Å²) in [7, 11) is 0. The van der Waals surface area contributed by atoms with Gasteiger partial charge in [0.05, 0.1) is 12.3 Å². The molecule has 0 aliphatic carbocycles. The summed E-state index contributed by atoms with van der Waals surface area (Å²) in [4.78, 5) is 26.9. The maximum Gasteiger partial charge on any atom is 0.240 e. The van der Waals surface area contributed by atoms with Crippen LogP contribution in [0.3, 0.4) is 0 Å². The summed E-state index contributed by atoms with van der Waals surface area (Å²) in [5.74, 6) is 0.213. The van der Waals surface area contributed by atoms with Crippen LogP contribution in [0.4, 0.5) is 0 Å². The zero-order chi connectivity index (χ0) is 16.8. The molecule has 2 amide bonds. The van der Waals surface area contributed by atoms with Gasteiger partial charge in [-0.1, -0.05) is 18.2 Å². The van der Waals surface area contributed by atoms with Gasteiger partial charge < -0.3 is 10.2 Å². The number of thioether (sulfide) groups is 1. The Morgan fingerprint density at radius 3 is 2.41 bits per heavy atom. The number of likely N-dealkylation sites (N-methyl/N-ethyl adjacent to an activating group) is 1. The second kappa shape index (κ2) is 8.22. The molecule has 0 saturated carbocycles. The van der Waals surface area contributed by atoms with Crippen molar-refractivity contribution in [1.29, 1.82) is 0 Å². The van der Waals surface area contributed by atoms with Crippen molar-refractivity contribution >= 4 is 23.6 Å². The number of carbonyl (C=O) groups is 2. The fourth-order valence-electron chi connectivity index (χ4n) is 1.96. The van der Waals surface area contributed by atoms with Gasteiger partial charge in [-0.05, 0) is 46.2 Å². The third kappa shape index (κ3) is 6.52. The first-order valence-corrected chi connectivity index (χ1v) is 8.48. The van der Waals surface area contributed by atoms with Crippen LogP contribution in [0, 0.1) is 6.92 Å². The predicted molar refractivity (Wildman–Crippen MR) is 92.1 cm³/mol. The highest BCUT2D eigenvalue weighted by atomic mass is 32.2. The molecule has 0 fully saturated rings. The van der Waals surface area contributed by atoms with Crippen LogP contribution in [-0.2, 0) is 9.59 Å². The van der Waals surface area contributed by atoms with Gasteiger partial charge in [-0.2, -0.15) is 0 Å². The van der Waals surface area contributed by atoms with E-state index in [9.17, 15) is 9.59 Å². The lowest BCUT2D eigenvalue weighted by Crippen LogP contribution is -2.47. The molecule has 0 radical (unpaired) electrons. The van der Waals surface area contributed by atoms with Crippen LogP contribution in [0.25, 0.3) is 0 Å². The van der Waals surface area contributed by atoms with Gasteiger partial charge in [0.1, 0.15) is 0 Å². The summed E-state index contributed by atoms with van der Waals surface area (Å²) >= 11 is 1.52. The molecule has 122 valence electrons. The minimum atomic E-state index is -0.282. The smallest absolute Gasteiger partial charge is 0.240 e. The minimum Gasteiger partial charge on any atom is -0.350 e. The number of hydrogen-bond donors (Lipinski definition) is 1. The van der Waals surface area contributed by atoms with Crippen LogP contribution in [-0.4, -0.2) is 41.1 Å². The van der Waals surface area contributed by atoms with E-state index in [0.29, 0.717) is 12.3 Å². The summed E-state index contributed by atoms with van der Waals surface area (Å²) in [6.45, 7) is 10.3. The standard InChI is InChI=1S/C17H26N2O2S/c1-6-19(11-15(20)18-17(3,4)5)16(21)12-22-14-10-8-7-9-13(14)2/h7-10H,6,11-12H2,1-5H3,(H,18,20). The van der Waals surface area contributed by atoms with E-state index in [4.69, 9.17) is 0 Å². The van der Waals surface area contributed by atoms with E-state index in [-0.39, 0.29) is 23.9 Å². The number of carbonyl (C=O) groups excluding carboxylic acids is 2. The highest BCUT2D eigenvalue weighted by Crippen LogP contribution is 2.21. The lowest BCUT2D eigenvalue weighted by molar-refractivity contribution is -0.134. The minimum absolute atomic E-state index is 0.0141. The van der Waals surface area contributed by atoms with E-state index in [1.807, 2.05) is 58.9 Å². The van der Waals surface area contributed by atoms with Crippen molar-refractivity contribution in [1.82, 2.24) is 10.2 Å². The van der Waals surface area contributed by atoms with Gasteiger partial charge >= 0.3 is 0 Å². The monoisotopic (exact) mass is 322 g/mol. The molecule has 0 bridgehead atoms. The molecular formula is C17H26N2O2S. The molecule has 0 atom stereocenters. The van der Waals surface area contributed by atoms with Gasteiger partial charge in [-0.3, -0.25) is 9.59 Å². The Hall–Kier alpha value is -1.49. The molecule has 0 aromatic heterocycles. The lowest BCUT2D eigenvalue weighted by Gasteiger charge is -2.25. The fraction of sp³-hybridized carbons (Fsp3) is 0.529. The Labute approximate surface area is 137 Å². The zero-order valence-electron chi connectivity index (χ0n) is 14.1. The average molecular weight is 322 g/mol. The van der Waals surface area contributed by atoms with Gasteiger partial charge in [0.2, 0.25) is 11.8 Å². The molecule has 0 unspecified atom stereocenters. The summed E-state index contributed by atoms with van der Waals surface area (Å²) in [5, 5.41) is 2.88.